The van der Waals surface area contributed by atoms with Gasteiger partial charge in [-0.2, -0.15) is 0 Å². The highest BCUT2D eigenvalue weighted by molar-refractivity contribution is 7.07. The molecule has 3 aromatic rings. The number of allylic oxidation sites excluding steroid dienone is 1. The molecule has 0 saturated heterocycles. The van der Waals surface area contributed by atoms with Crippen molar-refractivity contribution in [3.8, 4) is 11.5 Å². The van der Waals surface area contributed by atoms with Crippen LogP contribution >= 0.6 is 11.3 Å². The van der Waals surface area contributed by atoms with Gasteiger partial charge in [0.2, 0.25) is 0 Å². The molecule has 0 saturated carbocycles. The normalized spacial score (nSPS) is 14.9. The van der Waals surface area contributed by atoms with E-state index in [0.717, 1.165) is 11.3 Å². The lowest BCUT2D eigenvalue weighted by molar-refractivity contribution is -0.385. The molecule has 1 atom stereocenters. The summed E-state index contributed by atoms with van der Waals surface area (Å²) in [7, 11) is 1.41. The predicted molar refractivity (Wildman–Crippen MR) is 147 cm³/mol. The van der Waals surface area contributed by atoms with Crippen molar-refractivity contribution in [1.82, 2.24) is 4.57 Å². The van der Waals surface area contributed by atoms with Gasteiger partial charge in [0.15, 0.2) is 16.3 Å². The molecule has 4 rings (SSSR count). The summed E-state index contributed by atoms with van der Waals surface area (Å²) in [6.07, 6.45) is 1.44. The van der Waals surface area contributed by atoms with Crippen LogP contribution in [0.1, 0.15) is 44.9 Å². The lowest BCUT2D eigenvalue weighted by Gasteiger charge is -2.25. The monoisotopic (exact) mass is 565 g/mol. The maximum Gasteiger partial charge on any atom is 0.338 e. The first kappa shape index (κ1) is 28.4. The summed E-state index contributed by atoms with van der Waals surface area (Å²) in [5.74, 6) is -0.695. The minimum absolute atomic E-state index is 0.0780. The lowest BCUT2D eigenvalue weighted by Crippen LogP contribution is -2.40. The van der Waals surface area contributed by atoms with E-state index in [9.17, 15) is 24.5 Å². The van der Waals surface area contributed by atoms with Crippen LogP contribution in [0.2, 0.25) is 0 Å². The zero-order valence-corrected chi connectivity index (χ0v) is 23.3. The summed E-state index contributed by atoms with van der Waals surface area (Å²) in [4.78, 5) is 54.6. The van der Waals surface area contributed by atoms with Gasteiger partial charge < -0.3 is 14.2 Å². The zero-order chi connectivity index (χ0) is 29.1. The Labute approximate surface area is 232 Å². The van der Waals surface area contributed by atoms with Crippen molar-refractivity contribution < 1.29 is 28.7 Å². The Hall–Kier alpha value is -4.58. The number of carbonyl (C=O) groups excluding carboxylic acids is 2. The molecule has 0 bridgehead atoms. The van der Waals surface area contributed by atoms with Crippen LogP contribution in [0.15, 0.2) is 63.5 Å². The second kappa shape index (κ2) is 11.7. The van der Waals surface area contributed by atoms with Crippen LogP contribution in [-0.2, 0) is 14.3 Å². The molecule has 0 N–H and O–H groups in total. The van der Waals surface area contributed by atoms with Gasteiger partial charge >= 0.3 is 11.9 Å². The fraction of sp³-hybridized carbons (Fsp3) is 0.286. The average Bonchev–Trinajstić information content (AvgIpc) is 3.20. The van der Waals surface area contributed by atoms with Crippen LogP contribution in [0.25, 0.3) is 6.08 Å². The molecule has 208 valence electrons. The molecule has 1 aliphatic rings. The number of carbonyl (C=O) groups is 2. The number of rotatable bonds is 8. The molecule has 1 aliphatic heterocycles. The van der Waals surface area contributed by atoms with E-state index in [4.69, 9.17) is 14.2 Å². The summed E-state index contributed by atoms with van der Waals surface area (Å²) in [5.41, 5.74) is 0.625. The molecule has 11 nitrogen and oxygen atoms in total. The van der Waals surface area contributed by atoms with E-state index in [0.29, 0.717) is 16.1 Å². The molecule has 40 heavy (non-hydrogen) atoms. The molecule has 0 radical (unpaired) electrons. The number of ether oxygens (including phenoxy) is 3. The van der Waals surface area contributed by atoms with Gasteiger partial charge in [0.25, 0.3) is 11.2 Å². The minimum Gasteiger partial charge on any atom is -0.493 e. The Morgan fingerprint density at radius 3 is 2.58 bits per heavy atom. The van der Waals surface area contributed by atoms with Crippen LogP contribution in [0.4, 0.5) is 5.69 Å². The fourth-order valence-corrected chi connectivity index (χ4v) is 5.27. The number of nitrogens with zero attached hydrogens (tertiary/aromatic N) is 3. The first-order valence-corrected chi connectivity index (χ1v) is 13.1. The Balaban J connectivity index is 1.95. The summed E-state index contributed by atoms with van der Waals surface area (Å²) >= 11 is 1.05. The molecule has 1 unspecified atom stereocenters. The van der Waals surface area contributed by atoms with Gasteiger partial charge in [0.05, 0.1) is 46.0 Å². The largest absolute Gasteiger partial charge is 0.493 e. The third-order valence-corrected chi connectivity index (χ3v) is 6.95. The number of methoxy groups -OCH3 is 1. The number of benzene rings is 2. The first-order chi connectivity index (χ1) is 19.0. The number of para-hydroxylation sites is 1. The number of thiazole rings is 1. The number of nitro benzene ring substituents is 1. The Morgan fingerprint density at radius 1 is 1.20 bits per heavy atom. The molecule has 1 aromatic heterocycles. The number of esters is 2. The average molecular weight is 566 g/mol. The number of nitro groups is 1. The molecule has 0 fully saturated rings. The predicted octanol–water partition coefficient (Wildman–Crippen LogP) is 3.28. The van der Waals surface area contributed by atoms with E-state index in [1.54, 1.807) is 37.3 Å². The highest BCUT2D eigenvalue weighted by Crippen LogP contribution is 2.36. The van der Waals surface area contributed by atoms with Gasteiger partial charge in [-0.25, -0.2) is 9.79 Å². The van der Waals surface area contributed by atoms with E-state index in [2.05, 4.69) is 4.99 Å². The Kier molecular flexibility index (Phi) is 8.29. The van der Waals surface area contributed by atoms with Crippen LogP contribution in [-0.4, -0.2) is 35.1 Å². The molecule has 2 aromatic carbocycles. The number of fused-ring (bicyclic) bond motifs is 1. The highest BCUT2D eigenvalue weighted by Gasteiger charge is 2.34. The summed E-state index contributed by atoms with van der Waals surface area (Å²) in [6, 6.07) is 9.86. The first-order valence-electron chi connectivity index (χ1n) is 12.3. The SMILES string of the molecule is COc1cc(C2C(C(=O)OCC(C)C)=C(C)N=c3s/c(=C\c4ccccc4[N+](=O)[O-])c(=O)n32)ccc1OC(C)=O. The van der Waals surface area contributed by atoms with Crippen LogP contribution < -0.4 is 24.4 Å². The smallest absolute Gasteiger partial charge is 0.338 e. The maximum absolute atomic E-state index is 13.8. The third-order valence-electron chi connectivity index (χ3n) is 5.97. The van der Waals surface area contributed by atoms with Crippen molar-refractivity contribution in [1.29, 1.82) is 0 Å². The maximum atomic E-state index is 13.8. The van der Waals surface area contributed by atoms with Gasteiger partial charge in [-0.05, 0) is 42.7 Å². The van der Waals surface area contributed by atoms with Crippen molar-refractivity contribution in [3.63, 3.8) is 0 Å². The van der Waals surface area contributed by atoms with Gasteiger partial charge in [-0.15, -0.1) is 0 Å². The fourth-order valence-electron chi connectivity index (χ4n) is 4.23. The Morgan fingerprint density at radius 2 is 1.93 bits per heavy atom. The molecule has 0 amide bonds. The third kappa shape index (κ3) is 5.71. The zero-order valence-electron chi connectivity index (χ0n) is 22.5. The van der Waals surface area contributed by atoms with Gasteiger partial charge in [-0.1, -0.05) is 43.4 Å². The van der Waals surface area contributed by atoms with Crippen LogP contribution in [0, 0.1) is 16.0 Å². The molecular weight excluding hydrogens is 538 g/mol. The number of hydrogen-bond acceptors (Lipinski definition) is 10. The van der Waals surface area contributed by atoms with Crippen molar-refractivity contribution in [3.05, 3.63) is 94.7 Å². The summed E-state index contributed by atoms with van der Waals surface area (Å²) < 4.78 is 17.8. The van der Waals surface area contributed by atoms with E-state index >= 15 is 0 Å². The van der Waals surface area contributed by atoms with E-state index in [1.165, 1.54) is 36.8 Å². The number of aromatic nitrogens is 1. The highest BCUT2D eigenvalue weighted by atomic mass is 32.1. The van der Waals surface area contributed by atoms with E-state index < -0.39 is 28.5 Å². The quantitative estimate of drug-likeness (QED) is 0.176. The Bertz CT molecular complexity index is 1720. The van der Waals surface area contributed by atoms with Crippen LogP contribution in [0.3, 0.4) is 0 Å². The number of hydrogen-bond donors (Lipinski definition) is 0. The van der Waals surface area contributed by atoms with Crippen LogP contribution in [0.5, 0.6) is 11.5 Å². The standard InChI is InChI=1S/C28H27N3O8S/c1-15(2)14-38-27(34)24-16(3)29-28-30(25(24)19-10-11-21(39-17(4)32)22(12-19)37-5)26(33)23(40-28)13-18-8-6-7-9-20(18)31(35)36/h6-13,15,25H,14H2,1-5H3/b23-13-. The molecule has 2 heterocycles. The topological polar surface area (TPSA) is 139 Å². The van der Waals surface area contributed by atoms with E-state index in [-0.39, 0.29) is 45.4 Å². The minimum atomic E-state index is -0.955. The summed E-state index contributed by atoms with van der Waals surface area (Å²) in [6.45, 7) is 6.89. The second-order valence-corrected chi connectivity index (χ2v) is 10.4. The van der Waals surface area contributed by atoms with Crippen molar-refractivity contribution in [2.45, 2.75) is 33.7 Å². The molecule has 12 heteroatoms. The van der Waals surface area contributed by atoms with Crippen molar-refractivity contribution in [2.75, 3.05) is 13.7 Å². The van der Waals surface area contributed by atoms with Crippen molar-refractivity contribution >= 4 is 35.0 Å². The summed E-state index contributed by atoms with van der Waals surface area (Å²) in [5, 5.41) is 11.5. The molecule has 0 aliphatic carbocycles. The van der Waals surface area contributed by atoms with Gasteiger partial charge in [0, 0.05) is 13.0 Å². The van der Waals surface area contributed by atoms with E-state index in [1.807, 2.05) is 13.8 Å². The van der Waals surface area contributed by atoms with Gasteiger partial charge in [0.1, 0.15) is 0 Å². The van der Waals surface area contributed by atoms with Gasteiger partial charge in [-0.3, -0.25) is 24.3 Å². The van der Waals surface area contributed by atoms with Crippen molar-refractivity contribution in [2.24, 2.45) is 10.9 Å². The molecular formula is C28H27N3O8S. The molecule has 0 spiro atoms. The second-order valence-electron chi connectivity index (χ2n) is 9.39. The lowest BCUT2D eigenvalue weighted by atomic mass is 9.95.